The molecule has 0 radical (unpaired) electrons. The maximum atomic E-state index is 11.6. The van der Waals surface area contributed by atoms with Crippen LogP contribution in [0.25, 0.3) is 0 Å². The molecule has 5 heteroatoms. The molecule has 0 spiro atoms. The number of nitrogens with two attached hydrogens (primary N) is 1. The van der Waals surface area contributed by atoms with Gasteiger partial charge in [-0.1, -0.05) is 12.1 Å². The monoisotopic (exact) mass is 263 g/mol. The quantitative estimate of drug-likeness (QED) is 0.481. The van der Waals surface area contributed by atoms with Crippen molar-refractivity contribution in [1.82, 2.24) is 10.3 Å². The number of carbonyl (C=O) groups is 1. The molecule has 0 aliphatic carbocycles. The largest absolute Gasteiger partial charge is 0.497 e. The van der Waals surface area contributed by atoms with E-state index in [9.17, 15) is 4.79 Å². The van der Waals surface area contributed by atoms with Crippen molar-refractivity contribution in [1.29, 1.82) is 0 Å². The minimum absolute atomic E-state index is 0.00403. The van der Waals surface area contributed by atoms with Crippen LogP contribution in [0.3, 0.4) is 0 Å². The van der Waals surface area contributed by atoms with Crippen molar-refractivity contribution < 1.29 is 9.53 Å². The van der Waals surface area contributed by atoms with Crippen molar-refractivity contribution in [2.75, 3.05) is 20.2 Å². The summed E-state index contributed by atoms with van der Waals surface area (Å²) in [5, 5.41) is 0. The lowest BCUT2D eigenvalue weighted by molar-refractivity contribution is -0.126. The molecule has 1 saturated heterocycles. The topological polar surface area (TPSA) is 67.6 Å². The van der Waals surface area contributed by atoms with Gasteiger partial charge >= 0.3 is 0 Å². The summed E-state index contributed by atoms with van der Waals surface area (Å²) in [6, 6.07) is 8.04. The zero-order valence-electron chi connectivity index (χ0n) is 11.3. The van der Waals surface area contributed by atoms with Gasteiger partial charge in [-0.05, 0) is 37.1 Å². The van der Waals surface area contributed by atoms with Gasteiger partial charge in [-0.2, -0.15) is 0 Å². The fourth-order valence-corrected chi connectivity index (χ4v) is 2.56. The van der Waals surface area contributed by atoms with E-state index < -0.39 is 0 Å². The highest BCUT2D eigenvalue weighted by atomic mass is 16.5. The summed E-state index contributed by atoms with van der Waals surface area (Å²) >= 11 is 0. The van der Waals surface area contributed by atoms with Crippen molar-refractivity contribution >= 4 is 5.91 Å². The molecule has 1 atom stereocenters. The predicted octanol–water partition coefficient (Wildman–Crippen LogP) is 0.897. The molecule has 1 aliphatic rings. The Labute approximate surface area is 113 Å². The minimum Gasteiger partial charge on any atom is -0.497 e. The van der Waals surface area contributed by atoms with Crippen LogP contribution in [0.1, 0.15) is 18.4 Å². The molecule has 1 aromatic rings. The third-order valence-electron chi connectivity index (χ3n) is 3.56. The first-order valence-electron chi connectivity index (χ1n) is 6.58. The Bertz CT molecular complexity index is 436. The van der Waals surface area contributed by atoms with Gasteiger partial charge in [-0.15, -0.1) is 0 Å². The number of benzene rings is 1. The fourth-order valence-electron chi connectivity index (χ4n) is 2.56. The summed E-state index contributed by atoms with van der Waals surface area (Å²) in [5.41, 5.74) is 3.45. The third-order valence-corrected chi connectivity index (χ3v) is 3.56. The summed E-state index contributed by atoms with van der Waals surface area (Å²) < 4.78 is 5.22. The van der Waals surface area contributed by atoms with E-state index in [1.165, 1.54) is 5.56 Å². The zero-order chi connectivity index (χ0) is 13.7. The number of carbonyl (C=O) groups excluding carboxylic acids is 1. The Morgan fingerprint density at radius 1 is 1.58 bits per heavy atom. The summed E-state index contributed by atoms with van der Waals surface area (Å²) in [5.74, 6) is 6.01. The van der Waals surface area contributed by atoms with E-state index in [1.807, 2.05) is 18.2 Å². The van der Waals surface area contributed by atoms with E-state index in [4.69, 9.17) is 10.6 Å². The second-order valence-corrected chi connectivity index (χ2v) is 4.93. The van der Waals surface area contributed by atoms with Crippen LogP contribution in [-0.2, 0) is 11.3 Å². The summed E-state index contributed by atoms with van der Waals surface area (Å²) in [7, 11) is 1.67. The molecule has 1 amide bonds. The number of likely N-dealkylation sites (tertiary alicyclic amines) is 1. The maximum Gasteiger partial charge on any atom is 0.238 e. The Morgan fingerprint density at radius 2 is 2.42 bits per heavy atom. The minimum atomic E-state index is -0.0599. The van der Waals surface area contributed by atoms with Gasteiger partial charge in [0.2, 0.25) is 5.91 Å². The van der Waals surface area contributed by atoms with Gasteiger partial charge in [0.1, 0.15) is 5.75 Å². The third kappa shape index (κ3) is 3.68. The van der Waals surface area contributed by atoms with E-state index in [0.717, 1.165) is 38.2 Å². The van der Waals surface area contributed by atoms with E-state index >= 15 is 0 Å². The van der Waals surface area contributed by atoms with Gasteiger partial charge in [0.15, 0.2) is 0 Å². The lowest BCUT2D eigenvalue weighted by Gasteiger charge is -2.31. The molecule has 104 valence electrons. The van der Waals surface area contributed by atoms with Crippen LogP contribution < -0.4 is 16.0 Å². The smallest absolute Gasteiger partial charge is 0.238 e. The standard InChI is InChI=1S/C14H21N3O2/c1-19-13-6-2-4-11(8-13)9-17-7-3-5-12(10-17)14(18)16-15/h2,4,6,8,12H,3,5,7,9-10,15H2,1H3,(H,16,18). The maximum absolute atomic E-state index is 11.6. The van der Waals surface area contributed by atoms with Crippen LogP contribution >= 0.6 is 0 Å². The lowest BCUT2D eigenvalue weighted by Crippen LogP contribution is -2.44. The summed E-state index contributed by atoms with van der Waals surface area (Å²) in [4.78, 5) is 13.9. The zero-order valence-corrected chi connectivity index (χ0v) is 11.3. The van der Waals surface area contributed by atoms with Crippen LogP contribution in [0.4, 0.5) is 0 Å². The molecule has 1 unspecified atom stereocenters. The number of methoxy groups -OCH3 is 1. The number of ether oxygens (including phenoxy) is 1. The lowest BCUT2D eigenvalue weighted by atomic mass is 9.97. The number of nitrogens with one attached hydrogen (secondary N) is 1. The molecule has 3 N–H and O–H groups in total. The summed E-state index contributed by atoms with van der Waals surface area (Å²) in [6.07, 6.45) is 1.94. The highest BCUT2D eigenvalue weighted by molar-refractivity contribution is 5.78. The van der Waals surface area contributed by atoms with Crippen molar-refractivity contribution in [2.45, 2.75) is 19.4 Å². The molecule has 0 bridgehead atoms. The average Bonchev–Trinajstić information content (AvgIpc) is 2.47. The number of rotatable bonds is 4. The Balaban J connectivity index is 1.96. The van der Waals surface area contributed by atoms with Gasteiger partial charge in [0.25, 0.3) is 0 Å². The molecule has 1 heterocycles. The van der Waals surface area contributed by atoms with E-state index in [2.05, 4.69) is 16.4 Å². The fraction of sp³-hybridized carbons (Fsp3) is 0.500. The molecule has 1 aromatic carbocycles. The Hall–Kier alpha value is -1.59. The molecular formula is C14H21N3O2. The normalized spacial score (nSPS) is 20.0. The number of hydrogen-bond acceptors (Lipinski definition) is 4. The molecule has 1 fully saturated rings. The van der Waals surface area contributed by atoms with Gasteiger partial charge in [-0.3, -0.25) is 15.1 Å². The molecule has 2 rings (SSSR count). The number of hydrogen-bond donors (Lipinski definition) is 2. The van der Waals surface area contributed by atoms with Gasteiger partial charge in [0, 0.05) is 13.1 Å². The number of nitrogens with zero attached hydrogens (tertiary/aromatic N) is 1. The van der Waals surface area contributed by atoms with Crippen molar-refractivity contribution in [2.24, 2.45) is 11.8 Å². The van der Waals surface area contributed by atoms with Crippen molar-refractivity contribution in [3.8, 4) is 5.75 Å². The predicted molar refractivity (Wildman–Crippen MR) is 73.3 cm³/mol. The summed E-state index contributed by atoms with van der Waals surface area (Å²) in [6.45, 7) is 2.62. The molecular weight excluding hydrogens is 242 g/mol. The second-order valence-electron chi connectivity index (χ2n) is 4.93. The van der Waals surface area contributed by atoms with Gasteiger partial charge in [-0.25, -0.2) is 5.84 Å². The highest BCUT2D eigenvalue weighted by Crippen LogP contribution is 2.20. The Morgan fingerprint density at radius 3 is 3.16 bits per heavy atom. The van der Waals surface area contributed by atoms with Crippen molar-refractivity contribution in [3.05, 3.63) is 29.8 Å². The SMILES string of the molecule is COc1cccc(CN2CCCC(C(=O)NN)C2)c1. The van der Waals surface area contributed by atoms with Crippen LogP contribution in [0, 0.1) is 5.92 Å². The molecule has 0 saturated carbocycles. The molecule has 19 heavy (non-hydrogen) atoms. The van der Waals surface area contributed by atoms with Crippen LogP contribution in [0.2, 0.25) is 0 Å². The molecule has 0 aromatic heterocycles. The second kappa shape index (κ2) is 6.54. The number of piperidine rings is 1. The van der Waals surface area contributed by atoms with Gasteiger partial charge in [0.05, 0.1) is 13.0 Å². The number of amides is 1. The van der Waals surface area contributed by atoms with Crippen molar-refractivity contribution in [3.63, 3.8) is 0 Å². The first kappa shape index (κ1) is 13.8. The molecule has 5 nitrogen and oxygen atoms in total. The van der Waals surface area contributed by atoms with Crippen LogP contribution in [0.5, 0.6) is 5.75 Å². The average molecular weight is 263 g/mol. The first-order chi connectivity index (χ1) is 9.22. The number of hydrazine groups is 1. The van der Waals surface area contributed by atoms with E-state index in [0.29, 0.717) is 0 Å². The highest BCUT2D eigenvalue weighted by Gasteiger charge is 2.25. The Kier molecular flexibility index (Phi) is 4.76. The van der Waals surface area contributed by atoms with Gasteiger partial charge < -0.3 is 4.74 Å². The van der Waals surface area contributed by atoms with E-state index in [-0.39, 0.29) is 11.8 Å². The van der Waals surface area contributed by atoms with E-state index in [1.54, 1.807) is 7.11 Å². The van der Waals surface area contributed by atoms with Crippen LogP contribution in [-0.4, -0.2) is 31.0 Å². The first-order valence-corrected chi connectivity index (χ1v) is 6.58. The van der Waals surface area contributed by atoms with Crippen LogP contribution in [0.15, 0.2) is 24.3 Å². The molecule has 1 aliphatic heterocycles.